The predicted octanol–water partition coefficient (Wildman–Crippen LogP) is 3.51. The predicted molar refractivity (Wildman–Crippen MR) is 95.0 cm³/mol. The van der Waals surface area contributed by atoms with Crippen molar-refractivity contribution in [2.24, 2.45) is 5.10 Å². The highest BCUT2D eigenvalue weighted by molar-refractivity contribution is 7.89. The summed E-state index contributed by atoms with van der Waals surface area (Å²) < 4.78 is 24.2. The first-order chi connectivity index (χ1) is 11.5. The molecule has 0 aliphatic rings. The summed E-state index contributed by atoms with van der Waals surface area (Å²) in [7, 11) is -3.79. The SMILES string of the molecule is O=S(=O)(NN=Cc1ccc2ccccc2c1O)c1ccc(Cl)cc1. The van der Waals surface area contributed by atoms with Crippen LogP contribution in [0.3, 0.4) is 0 Å². The van der Waals surface area contributed by atoms with E-state index in [1.807, 2.05) is 24.3 Å². The number of hydrogen-bond acceptors (Lipinski definition) is 4. The zero-order chi connectivity index (χ0) is 17.2. The number of benzene rings is 3. The molecule has 0 spiro atoms. The molecular formula is C17H13ClN2O3S. The van der Waals surface area contributed by atoms with Gasteiger partial charge in [0.05, 0.1) is 11.1 Å². The van der Waals surface area contributed by atoms with Gasteiger partial charge in [0, 0.05) is 16.0 Å². The third-order valence-corrected chi connectivity index (χ3v) is 4.92. The van der Waals surface area contributed by atoms with Crippen molar-refractivity contribution in [3.63, 3.8) is 0 Å². The van der Waals surface area contributed by atoms with Crippen LogP contribution in [0.25, 0.3) is 10.8 Å². The van der Waals surface area contributed by atoms with Gasteiger partial charge in [-0.25, -0.2) is 4.83 Å². The Bertz CT molecular complexity index is 1020. The first kappa shape index (κ1) is 16.3. The maximum Gasteiger partial charge on any atom is 0.276 e. The molecule has 0 aliphatic carbocycles. The van der Waals surface area contributed by atoms with Gasteiger partial charge in [-0.15, -0.1) is 0 Å². The van der Waals surface area contributed by atoms with Crippen LogP contribution in [0.1, 0.15) is 5.56 Å². The van der Waals surface area contributed by atoms with Gasteiger partial charge in [0.15, 0.2) is 0 Å². The lowest BCUT2D eigenvalue weighted by Gasteiger charge is -2.05. The topological polar surface area (TPSA) is 78.8 Å². The van der Waals surface area contributed by atoms with Crippen LogP contribution in [0.5, 0.6) is 5.75 Å². The first-order valence-electron chi connectivity index (χ1n) is 6.98. The van der Waals surface area contributed by atoms with Crippen molar-refractivity contribution >= 4 is 38.6 Å². The van der Waals surface area contributed by atoms with Crippen LogP contribution in [0.15, 0.2) is 70.7 Å². The minimum Gasteiger partial charge on any atom is -0.507 e. The average molecular weight is 361 g/mol. The molecule has 0 radical (unpaired) electrons. The lowest BCUT2D eigenvalue weighted by molar-refractivity contribution is 0.481. The Morgan fingerprint density at radius 2 is 1.71 bits per heavy atom. The van der Waals surface area contributed by atoms with E-state index in [0.717, 1.165) is 5.39 Å². The Kier molecular flexibility index (Phi) is 4.42. The second-order valence-electron chi connectivity index (χ2n) is 5.03. The van der Waals surface area contributed by atoms with Crippen molar-refractivity contribution in [1.29, 1.82) is 0 Å². The lowest BCUT2D eigenvalue weighted by atomic mass is 10.1. The minimum absolute atomic E-state index is 0.0440. The highest BCUT2D eigenvalue weighted by Gasteiger charge is 2.12. The van der Waals surface area contributed by atoms with Gasteiger partial charge >= 0.3 is 0 Å². The number of sulfonamides is 1. The van der Waals surface area contributed by atoms with Gasteiger partial charge in [-0.2, -0.15) is 13.5 Å². The molecule has 0 fully saturated rings. The van der Waals surface area contributed by atoms with E-state index in [4.69, 9.17) is 11.6 Å². The van der Waals surface area contributed by atoms with Crippen LogP contribution in [-0.2, 0) is 10.0 Å². The number of nitrogens with zero attached hydrogens (tertiary/aromatic N) is 1. The number of hydrazone groups is 1. The molecule has 7 heteroatoms. The van der Waals surface area contributed by atoms with E-state index in [9.17, 15) is 13.5 Å². The van der Waals surface area contributed by atoms with Gasteiger partial charge in [0.1, 0.15) is 5.75 Å². The molecule has 5 nitrogen and oxygen atoms in total. The van der Waals surface area contributed by atoms with Crippen LogP contribution < -0.4 is 4.83 Å². The van der Waals surface area contributed by atoms with Crippen LogP contribution >= 0.6 is 11.6 Å². The van der Waals surface area contributed by atoms with Crippen LogP contribution in [0, 0.1) is 0 Å². The van der Waals surface area contributed by atoms with Crippen molar-refractivity contribution in [2.45, 2.75) is 4.90 Å². The Morgan fingerprint density at radius 3 is 2.46 bits per heavy atom. The number of halogens is 1. The van der Waals surface area contributed by atoms with Crippen molar-refractivity contribution in [1.82, 2.24) is 4.83 Å². The van der Waals surface area contributed by atoms with Gasteiger partial charge in [0.2, 0.25) is 0 Å². The molecule has 0 bridgehead atoms. The standard InChI is InChI=1S/C17H13ClN2O3S/c18-14-7-9-15(10-8-14)24(22,23)20-19-11-13-6-5-12-3-1-2-4-16(12)17(13)21/h1-11,20-21H. The molecule has 0 atom stereocenters. The monoisotopic (exact) mass is 360 g/mol. The van der Waals surface area contributed by atoms with Gasteiger partial charge in [-0.1, -0.05) is 41.9 Å². The third kappa shape index (κ3) is 3.34. The summed E-state index contributed by atoms with van der Waals surface area (Å²) >= 11 is 5.74. The van der Waals surface area contributed by atoms with Gasteiger partial charge < -0.3 is 5.11 Å². The van der Waals surface area contributed by atoms with Gasteiger partial charge in [-0.05, 0) is 35.7 Å². The van der Waals surface area contributed by atoms with Crippen molar-refractivity contribution in [3.05, 3.63) is 71.2 Å². The normalized spacial score (nSPS) is 11.9. The fraction of sp³-hybridized carbons (Fsp3) is 0. The quantitative estimate of drug-likeness (QED) is 0.552. The van der Waals surface area contributed by atoms with E-state index in [1.165, 1.54) is 30.5 Å². The van der Waals surface area contributed by atoms with E-state index in [1.54, 1.807) is 12.1 Å². The Morgan fingerprint density at radius 1 is 1.00 bits per heavy atom. The fourth-order valence-corrected chi connectivity index (χ4v) is 3.13. The zero-order valence-corrected chi connectivity index (χ0v) is 13.9. The second-order valence-corrected chi connectivity index (χ2v) is 7.13. The summed E-state index contributed by atoms with van der Waals surface area (Å²) in [5, 5.41) is 16.0. The second kappa shape index (κ2) is 6.51. The van der Waals surface area contributed by atoms with E-state index in [-0.39, 0.29) is 10.6 Å². The summed E-state index contributed by atoms with van der Waals surface area (Å²) in [5.74, 6) is 0.0440. The van der Waals surface area contributed by atoms with E-state index in [0.29, 0.717) is 16.0 Å². The molecule has 2 N–H and O–H groups in total. The van der Waals surface area contributed by atoms with Crippen molar-refractivity contribution in [2.75, 3.05) is 0 Å². The van der Waals surface area contributed by atoms with Crippen molar-refractivity contribution in [3.8, 4) is 5.75 Å². The number of nitrogens with one attached hydrogen (secondary N) is 1. The molecule has 3 rings (SSSR count). The summed E-state index contributed by atoms with van der Waals surface area (Å²) in [4.78, 5) is 2.15. The average Bonchev–Trinajstić information content (AvgIpc) is 2.57. The molecule has 0 saturated heterocycles. The van der Waals surface area contributed by atoms with Crippen LogP contribution in [-0.4, -0.2) is 19.7 Å². The lowest BCUT2D eigenvalue weighted by Crippen LogP contribution is -2.18. The molecule has 3 aromatic rings. The molecule has 24 heavy (non-hydrogen) atoms. The highest BCUT2D eigenvalue weighted by Crippen LogP contribution is 2.27. The molecule has 0 aliphatic heterocycles. The van der Waals surface area contributed by atoms with E-state index in [2.05, 4.69) is 9.93 Å². The molecule has 0 aromatic heterocycles. The number of rotatable bonds is 4. The van der Waals surface area contributed by atoms with Crippen molar-refractivity contribution < 1.29 is 13.5 Å². The van der Waals surface area contributed by atoms with E-state index >= 15 is 0 Å². The Balaban J connectivity index is 1.84. The highest BCUT2D eigenvalue weighted by atomic mass is 35.5. The summed E-state index contributed by atoms with van der Waals surface area (Å²) in [6, 6.07) is 16.5. The molecule has 0 heterocycles. The van der Waals surface area contributed by atoms with Gasteiger partial charge in [0.25, 0.3) is 10.0 Å². The number of phenolic OH excluding ortho intramolecular Hbond substituents is 1. The third-order valence-electron chi connectivity index (χ3n) is 3.43. The summed E-state index contributed by atoms with van der Waals surface area (Å²) in [6.45, 7) is 0. The molecule has 0 unspecified atom stereocenters. The maximum absolute atomic E-state index is 12.1. The van der Waals surface area contributed by atoms with Crippen LogP contribution in [0.4, 0.5) is 0 Å². The maximum atomic E-state index is 12.1. The molecule has 3 aromatic carbocycles. The number of hydrogen-bond donors (Lipinski definition) is 2. The zero-order valence-electron chi connectivity index (χ0n) is 12.3. The summed E-state index contributed by atoms with van der Waals surface area (Å²) in [5.41, 5.74) is 0.410. The Labute approximate surface area is 144 Å². The Hall–Kier alpha value is -2.57. The number of fused-ring (bicyclic) bond motifs is 1. The smallest absolute Gasteiger partial charge is 0.276 e. The minimum atomic E-state index is -3.79. The summed E-state index contributed by atoms with van der Waals surface area (Å²) in [6.07, 6.45) is 1.26. The largest absolute Gasteiger partial charge is 0.507 e. The number of aromatic hydroxyl groups is 1. The first-order valence-corrected chi connectivity index (χ1v) is 8.85. The molecule has 0 saturated carbocycles. The molecular weight excluding hydrogens is 348 g/mol. The molecule has 0 amide bonds. The van der Waals surface area contributed by atoms with E-state index < -0.39 is 10.0 Å². The fourth-order valence-electron chi connectivity index (χ4n) is 2.21. The molecule has 122 valence electrons. The van der Waals surface area contributed by atoms with Crippen LogP contribution in [0.2, 0.25) is 5.02 Å². The van der Waals surface area contributed by atoms with Gasteiger partial charge in [-0.3, -0.25) is 0 Å². The number of phenols is 1.